The quantitative estimate of drug-likeness (QED) is 0.424. The lowest BCUT2D eigenvalue weighted by molar-refractivity contribution is 0.526. The maximum atomic E-state index is 2.38. The van der Waals surface area contributed by atoms with E-state index in [0.29, 0.717) is 0 Å². The van der Waals surface area contributed by atoms with Crippen LogP contribution in [-0.4, -0.2) is 10.5 Å². The summed E-state index contributed by atoms with van der Waals surface area (Å²) in [6, 6.07) is 0. The standard InChI is InChI=1S/C13H28S3/c1-6-10-12(8-3)14-16-15-13(9-4)11(5)7-2/h11-13H,6-10H2,1-5H3. The normalized spacial score (nSPS) is 17.1. The Kier molecular flexibility index (Phi) is 11.9. The fourth-order valence-electron chi connectivity index (χ4n) is 1.60. The highest BCUT2D eigenvalue weighted by atomic mass is 33.5. The molecule has 0 aliphatic rings. The van der Waals surface area contributed by atoms with Crippen molar-refractivity contribution in [3.8, 4) is 0 Å². The Labute approximate surface area is 114 Å². The molecule has 0 rings (SSSR count). The van der Waals surface area contributed by atoms with Crippen LogP contribution in [-0.2, 0) is 0 Å². The third-order valence-electron chi connectivity index (χ3n) is 3.09. The topological polar surface area (TPSA) is 0 Å². The van der Waals surface area contributed by atoms with E-state index >= 15 is 0 Å². The fraction of sp³-hybridized carbons (Fsp3) is 1.00. The molecule has 3 unspecified atom stereocenters. The van der Waals surface area contributed by atoms with Crippen molar-refractivity contribution in [2.45, 2.75) is 77.2 Å². The average molecular weight is 281 g/mol. The second kappa shape index (κ2) is 11.2. The molecule has 0 radical (unpaired) electrons. The highest BCUT2D eigenvalue weighted by Gasteiger charge is 2.16. The third-order valence-corrected chi connectivity index (χ3v) is 8.57. The lowest BCUT2D eigenvalue weighted by Gasteiger charge is -2.21. The summed E-state index contributed by atoms with van der Waals surface area (Å²) >= 11 is 0. The summed E-state index contributed by atoms with van der Waals surface area (Å²) in [4.78, 5) is 0. The second-order valence-electron chi connectivity index (χ2n) is 4.41. The van der Waals surface area contributed by atoms with Crippen LogP contribution in [0.15, 0.2) is 0 Å². The van der Waals surface area contributed by atoms with Crippen molar-refractivity contribution in [2.75, 3.05) is 0 Å². The zero-order chi connectivity index (χ0) is 12.4. The van der Waals surface area contributed by atoms with Crippen molar-refractivity contribution >= 4 is 31.4 Å². The van der Waals surface area contributed by atoms with Crippen molar-refractivity contribution in [2.24, 2.45) is 5.92 Å². The summed E-state index contributed by atoms with van der Waals surface area (Å²) in [7, 11) is 6.24. The van der Waals surface area contributed by atoms with Gasteiger partial charge in [-0.1, -0.05) is 69.0 Å². The van der Waals surface area contributed by atoms with E-state index in [1.165, 1.54) is 32.1 Å². The molecule has 0 aliphatic carbocycles. The van der Waals surface area contributed by atoms with E-state index in [2.05, 4.69) is 56.2 Å². The molecule has 0 N–H and O–H groups in total. The lowest BCUT2D eigenvalue weighted by atomic mass is 10.0. The summed E-state index contributed by atoms with van der Waals surface area (Å²) < 4.78 is 0. The molecular formula is C13H28S3. The molecule has 16 heavy (non-hydrogen) atoms. The van der Waals surface area contributed by atoms with E-state index in [0.717, 1.165) is 16.4 Å². The van der Waals surface area contributed by atoms with Crippen LogP contribution in [0.2, 0.25) is 0 Å². The summed E-state index contributed by atoms with van der Waals surface area (Å²) in [6.07, 6.45) is 6.61. The summed E-state index contributed by atoms with van der Waals surface area (Å²) in [6.45, 7) is 11.6. The first-order valence-electron chi connectivity index (χ1n) is 6.68. The van der Waals surface area contributed by atoms with E-state index < -0.39 is 0 Å². The molecule has 3 atom stereocenters. The van der Waals surface area contributed by atoms with E-state index in [9.17, 15) is 0 Å². The predicted molar refractivity (Wildman–Crippen MR) is 85.3 cm³/mol. The second-order valence-corrected chi connectivity index (χ2v) is 8.99. The first-order chi connectivity index (χ1) is 7.69. The lowest BCUT2D eigenvalue weighted by Crippen LogP contribution is -2.10. The molecule has 98 valence electrons. The molecule has 0 aromatic heterocycles. The van der Waals surface area contributed by atoms with Crippen molar-refractivity contribution in [1.82, 2.24) is 0 Å². The van der Waals surface area contributed by atoms with Crippen LogP contribution >= 0.6 is 31.4 Å². The highest BCUT2D eigenvalue weighted by Crippen LogP contribution is 2.45. The van der Waals surface area contributed by atoms with Crippen LogP contribution < -0.4 is 0 Å². The maximum Gasteiger partial charge on any atom is 0.0182 e. The molecule has 0 aliphatic heterocycles. The van der Waals surface area contributed by atoms with Crippen LogP contribution in [0.5, 0.6) is 0 Å². The third kappa shape index (κ3) is 7.39. The van der Waals surface area contributed by atoms with Gasteiger partial charge in [-0.2, -0.15) is 0 Å². The number of hydrogen-bond acceptors (Lipinski definition) is 3. The molecule has 0 spiro atoms. The zero-order valence-electron chi connectivity index (χ0n) is 11.5. The Morgan fingerprint density at radius 1 is 0.875 bits per heavy atom. The van der Waals surface area contributed by atoms with Gasteiger partial charge in [0.25, 0.3) is 0 Å². The van der Waals surface area contributed by atoms with Gasteiger partial charge in [-0.3, -0.25) is 0 Å². The molecule has 0 aromatic rings. The van der Waals surface area contributed by atoms with E-state index in [1.54, 1.807) is 0 Å². The Morgan fingerprint density at radius 2 is 1.56 bits per heavy atom. The molecule has 0 amide bonds. The minimum Gasteiger partial charge on any atom is -0.0791 e. The van der Waals surface area contributed by atoms with Crippen molar-refractivity contribution in [1.29, 1.82) is 0 Å². The Hall–Kier alpha value is 1.05. The molecule has 0 heterocycles. The molecule has 3 heteroatoms. The molecular weight excluding hydrogens is 252 g/mol. The molecule has 0 bridgehead atoms. The largest absolute Gasteiger partial charge is 0.0791 e. The van der Waals surface area contributed by atoms with Gasteiger partial charge >= 0.3 is 0 Å². The van der Waals surface area contributed by atoms with Crippen LogP contribution in [0.1, 0.15) is 66.7 Å². The monoisotopic (exact) mass is 280 g/mol. The molecule has 0 fully saturated rings. The van der Waals surface area contributed by atoms with Gasteiger partial charge in [0.15, 0.2) is 0 Å². The number of rotatable bonds is 10. The first kappa shape index (κ1) is 17.1. The minimum absolute atomic E-state index is 0.835. The molecule has 0 saturated heterocycles. The highest BCUT2D eigenvalue weighted by molar-refractivity contribution is 9.09. The van der Waals surface area contributed by atoms with Gasteiger partial charge in [0.05, 0.1) is 0 Å². The van der Waals surface area contributed by atoms with Crippen LogP contribution in [0, 0.1) is 5.92 Å². The zero-order valence-corrected chi connectivity index (χ0v) is 13.9. The first-order valence-corrected chi connectivity index (χ1v) is 10.3. The van der Waals surface area contributed by atoms with Gasteiger partial charge in [-0.05, 0) is 35.0 Å². The maximum absolute atomic E-state index is 2.38. The van der Waals surface area contributed by atoms with E-state index in [-0.39, 0.29) is 0 Å². The van der Waals surface area contributed by atoms with Crippen LogP contribution in [0.4, 0.5) is 0 Å². The molecule has 0 nitrogen and oxygen atoms in total. The summed E-state index contributed by atoms with van der Waals surface area (Å²) in [5.74, 6) is 0.856. The number of hydrogen-bond donors (Lipinski definition) is 0. The smallest absolute Gasteiger partial charge is 0.0182 e. The summed E-state index contributed by atoms with van der Waals surface area (Å²) in [5, 5.41) is 1.69. The van der Waals surface area contributed by atoms with Crippen molar-refractivity contribution < 1.29 is 0 Å². The van der Waals surface area contributed by atoms with Gasteiger partial charge in [-0.15, -0.1) is 0 Å². The molecule has 0 saturated carbocycles. The summed E-state index contributed by atoms with van der Waals surface area (Å²) in [5.41, 5.74) is 0. The Morgan fingerprint density at radius 3 is 2.00 bits per heavy atom. The SMILES string of the molecule is CCCC(CC)SSSC(CC)C(C)CC. The Bertz CT molecular complexity index is 150. The fourth-order valence-corrected chi connectivity index (χ4v) is 7.61. The van der Waals surface area contributed by atoms with E-state index in [1.807, 2.05) is 9.83 Å². The van der Waals surface area contributed by atoms with Gasteiger partial charge in [0, 0.05) is 10.5 Å². The van der Waals surface area contributed by atoms with Crippen molar-refractivity contribution in [3.05, 3.63) is 0 Å². The van der Waals surface area contributed by atoms with Crippen LogP contribution in [0.25, 0.3) is 0 Å². The van der Waals surface area contributed by atoms with Gasteiger partial charge in [-0.25, -0.2) is 0 Å². The van der Waals surface area contributed by atoms with Gasteiger partial charge < -0.3 is 0 Å². The van der Waals surface area contributed by atoms with Gasteiger partial charge in [0.1, 0.15) is 0 Å². The van der Waals surface area contributed by atoms with Crippen LogP contribution in [0.3, 0.4) is 0 Å². The van der Waals surface area contributed by atoms with E-state index in [4.69, 9.17) is 0 Å². The molecule has 0 aromatic carbocycles. The van der Waals surface area contributed by atoms with Crippen molar-refractivity contribution in [3.63, 3.8) is 0 Å². The van der Waals surface area contributed by atoms with Gasteiger partial charge in [0.2, 0.25) is 0 Å². The average Bonchev–Trinajstić information content (AvgIpc) is 2.32. The Balaban J connectivity index is 3.75. The predicted octanol–water partition coefficient (Wildman–Crippen LogP) is 6.42. The minimum atomic E-state index is 0.835.